The van der Waals surface area contributed by atoms with E-state index in [0.717, 1.165) is 12.8 Å². The van der Waals surface area contributed by atoms with Gasteiger partial charge in [0.2, 0.25) is 5.91 Å². The van der Waals surface area contributed by atoms with E-state index in [2.05, 4.69) is 33.9 Å². The minimum Gasteiger partial charge on any atom is -0.478 e. The number of carbonyl (C=O) groups is 2. The van der Waals surface area contributed by atoms with E-state index in [9.17, 15) is 23.1 Å². The molecular weight excluding hydrogens is 700 g/mol. The number of nitrogens with zero attached hydrogens (tertiary/aromatic N) is 2. The van der Waals surface area contributed by atoms with Crippen LogP contribution in [0.5, 0.6) is 0 Å². The molecule has 3 aromatic carbocycles. The van der Waals surface area contributed by atoms with Crippen LogP contribution in [-0.2, 0) is 24.0 Å². The van der Waals surface area contributed by atoms with Crippen LogP contribution < -0.4 is 0 Å². The molecule has 51 heavy (non-hydrogen) atoms. The number of aromatic nitrogens is 1. The maximum atomic E-state index is 14.9. The predicted molar refractivity (Wildman–Crippen MR) is 206 cm³/mol. The standard InChI is InChI=1S/C40H49ClN2O6SSi/c1-39(2,3)32(38(45)46)25-35(44)42(26-27-21-22-27)36(37(29-16-14-17-30(41)23-29)49-51(7,8)40(4,5)6)34-24-28-15-12-13-20-33(28)43(34)50(47,48)31-18-10-9-11-19-31/h9-20,23-25,27,36-37H,21-22,26H2,1-8H3,(H,45,46)/t36-,37-/m1/s1. The SMILES string of the molecule is CC(C)(C)C(=CC(=O)N(CC1CC1)[C@H](c1cc2ccccc2n1S(=O)(=O)c1ccccc1)[C@H](O[Si](C)(C)C(C)(C)C)c1cccc(Cl)c1)C(=O)O. The van der Waals surface area contributed by atoms with Crippen molar-refractivity contribution in [3.63, 3.8) is 0 Å². The van der Waals surface area contributed by atoms with Crippen molar-refractivity contribution in [2.24, 2.45) is 11.3 Å². The number of fused-ring (bicyclic) bond motifs is 1. The van der Waals surface area contributed by atoms with Crippen LogP contribution in [-0.4, -0.2) is 49.1 Å². The molecule has 0 unspecified atom stereocenters. The maximum absolute atomic E-state index is 14.9. The Morgan fingerprint density at radius 2 is 1.59 bits per heavy atom. The molecule has 0 saturated heterocycles. The molecule has 1 saturated carbocycles. The van der Waals surface area contributed by atoms with Gasteiger partial charge >= 0.3 is 5.97 Å². The minimum absolute atomic E-state index is 0.0471. The Labute approximate surface area is 308 Å². The molecule has 11 heteroatoms. The second-order valence-corrected chi connectivity index (χ2v) is 23.0. The third-order valence-electron chi connectivity index (χ3n) is 10.0. The second kappa shape index (κ2) is 14.4. The lowest BCUT2D eigenvalue weighted by Gasteiger charge is -2.44. The van der Waals surface area contributed by atoms with Crippen molar-refractivity contribution >= 4 is 52.7 Å². The van der Waals surface area contributed by atoms with Crippen LogP contribution in [0.2, 0.25) is 23.2 Å². The molecule has 1 fully saturated rings. The van der Waals surface area contributed by atoms with Crippen molar-refractivity contribution in [3.05, 3.63) is 113 Å². The fraction of sp³-hybridized carbons (Fsp3) is 0.400. The number of carboxylic acids is 1. The van der Waals surface area contributed by atoms with Gasteiger partial charge in [0.1, 0.15) is 6.04 Å². The predicted octanol–water partition coefficient (Wildman–Crippen LogP) is 9.63. The molecule has 0 bridgehead atoms. The highest BCUT2D eigenvalue weighted by Crippen LogP contribution is 2.48. The molecule has 1 heterocycles. The molecular formula is C40H49ClN2O6SSi. The number of amides is 1. The van der Waals surface area contributed by atoms with E-state index in [1.165, 1.54) is 10.0 Å². The van der Waals surface area contributed by atoms with Crippen molar-refractivity contribution < 1.29 is 27.5 Å². The number of carbonyl (C=O) groups excluding carboxylic acids is 1. The lowest BCUT2D eigenvalue weighted by atomic mass is 9.86. The summed E-state index contributed by atoms with van der Waals surface area (Å²) in [4.78, 5) is 29.2. The van der Waals surface area contributed by atoms with Gasteiger partial charge in [-0.2, -0.15) is 0 Å². The van der Waals surface area contributed by atoms with Gasteiger partial charge in [0.15, 0.2) is 8.32 Å². The van der Waals surface area contributed by atoms with Crippen LogP contribution in [0.4, 0.5) is 0 Å². The number of hydrogen-bond acceptors (Lipinski definition) is 5. The Balaban J connectivity index is 1.91. The summed E-state index contributed by atoms with van der Waals surface area (Å²) in [6.45, 7) is 16.1. The Bertz CT molecular complexity index is 2060. The topological polar surface area (TPSA) is 106 Å². The first-order valence-electron chi connectivity index (χ1n) is 17.3. The smallest absolute Gasteiger partial charge is 0.332 e. The Kier molecular flexibility index (Phi) is 10.9. The molecule has 1 aromatic heterocycles. The summed E-state index contributed by atoms with van der Waals surface area (Å²) >= 11 is 6.64. The summed E-state index contributed by atoms with van der Waals surface area (Å²) < 4.78 is 38.3. The number of halogens is 1. The van der Waals surface area contributed by atoms with Gasteiger partial charge in [-0.25, -0.2) is 17.2 Å². The van der Waals surface area contributed by atoms with Crippen molar-refractivity contribution in [2.45, 2.75) is 89.6 Å². The summed E-state index contributed by atoms with van der Waals surface area (Å²) in [6, 6.07) is 23.6. The first-order valence-corrected chi connectivity index (χ1v) is 22.1. The van der Waals surface area contributed by atoms with E-state index >= 15 is 0 Å². The van der Waals surface area contributed by atoms with E-state index in [4.69, 9.17) is 16.0 Å². The van der Waals surface area contributed by atoms with E-state index in [1.54, 1.807) is 80.3 Å². The minimum atomic E-state index is -4.23. The number of benzene rings is 3. The van der Waals surface area contributed by atoms with Crippen LogP contribution in [0.15, 0.2) is 101 Å². The average Bonchev–Trinajstić information content (AvgIpc) is 3.78. The number of aliphatic carboxylic acids is 1. The van der Waals surface area contributed by atoms with Gasteiger partial charge in [0, 0.05) is 28.6 Å². The Morgan fingerprint density at radius 1 is 0.961 bits per heavy atom. The van der Waals surface area contributed by atoms with Crippen LogP contribution in [0.1, 0.15) is 77.8 Å². The third kappa shape index (κ3) is 8.35. The molecule has 1 aliphatic rings. The van der Waals surface area contributed by atoms with Crippen molar-refractivity contribution in [1.29, 1.82) is 0 Å². The molecule has 8 nitrogen and oxygen atoms in total. The Hall–Kier alpha value is -3.70. The second-order valence-electron chi connectivity index (χ2n) is 16.1. The van der Waals surface area contributed by atoms with Gasteiger partial charge in [-0.3, -0.25) is 4.79 Å². The van der Waals surface area contributed by atoms with Crippen molar-refractivity contribution in [3.8, 4) is 0 Å². The van der Waals surface area contributed by atoms with Crippen LogP contribution in [0, 0.1) is 11.3 Å². The summed E-state index contributed by atoms with van der Waals surface area (Å²) in [6.07, 6.45) is 2.11. The lowest BCUT2D eigenvalue weighted by Crippen LogP contribution is -2.47. The summed E-state index contributed by atoms with van der Waals surface area (Å²) in [5.74, 6) is -1.56. The van der Waals surface area contributed by atoms with Crippen LogP contribution >= 0.6 is 11.6 Å². The zero-order valence-corrected chi connectivity index (χ0v) is 33.3. The molecule has 272 valence electrons. The monoisotopic (exact) mass is 748 g/mol. The quantitative estimate of drug-likeness (QED) is 0.114. The molecule has 1 N–H and O–H groups in total. The van der Waals surface area contributed by atoms with Gasteiger partial charge in [0.25, 0.3) is 10.0 Å². The number of carboxylic acid groups (broad SMARTS) is 1. The van der Waals surface area contributed by atoms with E-state index < -0.39 is 47.8 Å². The highest BCUT2D eigenvalue weighted by molar-refractivity contribution is 7.90. The molecule has 5 rings (SSSR count). The number of hydrogen-bond donors (Lipinski definition) is 1. The van der Waals surface area contributed by atoms with Crippen molar-refractivity contribution in [1.82, 2.24) is 8.87 Å². The largest absolute Gasteiger partial charge is 0.478 e. The molecule has 0 aliphatic heterocycles. The molecule has 1 aliphatic carbocycles. The van der Waals surface area contributed by atoms with Crippen LogP contribution in [0.25, 0.3) is 10.9 Å². The average molecular weight is 749 g/mol. The van der Waals surface area contributed by atoms with E-state index in [0.29, 0.717) is 27.2 Å². The summed E-state index contributed by atoms with van der Waals surface area (Å²) in [7, 11) is -6.89. The first-order chi connectivity index (χ1) is 23.7. The van der Waals surface area contributed by atoms with Gasteiger partial charge in [-0.15, -0.1) is 0 Å². The Morgan fingerprint density at radius 3 is 2.16 bits per heavy atom. The summed E-state index contributed by atoms with van der Waals surface area (Å²) in [5.41, 5.74) is 0.567. The highest BCUT2D eigenvalue weighted by atomic mass is 35.5. The molecule has 0 spiro atoms. The van der Waals surface area contributed by atoms with Gasteiger partial charge in [-0.1, -0.05) is 102 Å². The normalized spacial score (nSPS) is 15.8. The molecule has 1 amide bonds. The summed E-state index contributed by atoms with van der Waals surface area (Å²) in [5, 5.41) is 11.1. The lowest BCUT2D eigenvalue weighted by molar-refractivity contribution is -0.135. The maximum Gasteiger partial charge on any atom is 0.332 e. The van der Waals surface area contributed by atoms with E-state index in [-0.39, 0.29) is 28.0 Å². The fourth-order valence-electron chi connectivity index (χ4n) is 6.02. The molecule has 0 radical (unpaired) electrons. The zero-order valence-electron chi connectivity index (χ0n) is 30.7. The first kappa shape index (κ1) is 38.5. The van der Waals surface area contributed by atoms with Gasteiger partial charge in [-0.05, 0) is 84.3 Å². The van der Waals surface area contributed by atoms with Gasteiger partial charge in [0.05, 0.1) is 22.2 Å². The number of para-hydroxylation sites is 1. The van der Waals surface area contributed by atoms with Gasteiger partial charge < -0.3 is 14.4 Å². The zero-order chi connectivity index (χ0) is 37.5. The molecule has 2 atom stereocenters. The third-order valence-corrected chi connectivity index (χ3v) is 16.5. The van der Waals surface area contributed by atoms with Crippen molar-refractivity contribution in [2.75, 3.05) is 6.54 Å². The molecule has 4 aromatic rings. The highest BCUT2D eigenvalue weighted by Gasteiger charge is 2.46. The fourth-order valence-corrected chi connectivity index (χ4v) is 9.05. The van der Waals surface area contributed by atoms with E-state index in [1.807, 2.05) is 30.3 Å². The van der Waals surface area contributed by atoms with Crippen LogP contribution in [0.3, 0.4) is 0 Å². The number of rotatable bonds is 12.